The minimum absolute atomic E-state index is 0.628. The molecule has 19 heavy (non-hydrogen) atoms. The van der Waals surface area contributed by atoms with Crippen molar-refractivity contribution < 1.29 is 0 Å². The number of hydrogen-bond donors (Lipinski definition) is 1. The first-order valence-corrected chi connectivity index (χ1v) is 9.22. The van der Waals surface area contributed by atoms with E-state index in [1.807, 2.05) is 11.3 Å². The van der Waals surface area contributed by atoms with Crippen molar-refractivity contribution >= 4 is 27.3 Å². The second-order valence-electron chi connectivity index (χ2n) is 5.94. The molecular weight excluding hydrogens is 318 g/mol. The van der Waals surface area contributed by atoms with E-state index in [0.29, 0.717) is 5.41 Å². The number of halogens is 1. The van der Waals surface area contributed by atoms with Gasteiger partial charge < -0.3 is 5.32 Å². The topological polar surface area (TPSA) is 12.0 Å². The van der Waals surface area contributed by atoms with E-state index >= 15 is 0 Å². The predicted molar refractivity (Wildman–Crippen MR) is 89.1 cm³/mol. The zero-order valence-corrected chi connectivity index (χ0v) is 14.6. The predicted octanol–water partition coefficient (Wildman–Crippen LogP) is 5.31. The summed E-state index contributed by atoms with van der Waals surface area (Å²) in [4.78, 5) is 1.49. The Labute approximate surface area is 130 Å². The first-order chi connectivity index (χ1) is 9.15. The van der Waals surface area contributed by atoms with E-state index in [4.69, 9.17) is 0 Å². The lowest BCUT2D eigenvalue weighted by atomic mass is 9.77. The third-order valence-electron chi connectivity index (χ3n) is 4.66. The molecule has 1 aromatic heterocycles. The van der Waals surface area contributed by atoms with E-state index in [1.165, 1.54) is 60.2 Å². The van der Waals surface area contributed by atoms with E-state index in [2.05, 4.69) is 41.2 Å². The van der Waals surface area contributed by atoms with Gasteiger partial charge in [-0.15, -0.1) is 11.3 Å². The van der Waals surface area contributed by atoms with Crippen molar-refractivity contribution in [2.75, 3.05) is 13.1 Å². The van der Waals surface area contributed by atoms with E-state index in [0.717, 1.165) is 6.54 Å². The number of thiophene rings is 1. The van der Waals surface area contributed by atoms with Crippen molar-refractivity contribution in [2.24, 2.45) is 5.41 Å². The van der Waals surface area contributed by atoms with Crippen LogP contribution in [0.1, 0.15) is 55.9 Å². The molecule has 0 atom stereocenters. The number of rotatable bonds is 7. The maximum Gasteiger partial charge on any atom is 0.0704 e. The molecule has 1 saturated carbocycles. The fourth-order valence-corrected chi connectivity index (χ4v) is 5.20. The number of nitrogens with one attached hydrogen (secondary N) is 1. The highest BCUT2D eigenvalue weighted by Gasteiger charge is 2.32. The van der Waals surface area contributed by atoms with Crippen LogP contribution in [0.4, 0.5) is 0 Å². The maximum absolute atomic E-state index is 3.61. The Bertz CT molecular complexity index is 393. The molecule has 0 bridgehead atoms. The third kappa shape index (κ3) is 4.30. The Morgan fingerprint density at radius 3 is 2.63 bits per heavy atom. The molecule has 3 heteroatoms. The van der Waals surface area contributed by atoms with Crippen LogP contribution < -0.4 is 5.32 Å². The highest BCUT2D eigenvalue weighted by atomic mass is 79.9. The van der Waals surface area contributed by atoms with Gasteiger partial charge >= 0.3 is 0 Å². The van der Waals surface area contributed by atoms with Crippen LogP contribution in [0.5, 0.6) is 0 Å². The van der Waals surface area contributed by atoms with Crippen molar-refractivity contribution in [2.45, 2.75) is 58.8 Å². The molecule has 1 heterocycles. The first kappa shape index (κ1) is 15.5. The minimum atomic E-state index is 0.628. The van der Waals surface area contributed by atoms with Gasteiger partial charge in [0.2, 0.25) is 0 Å². The molecule has 1 N–H and O–H groups in total. The molecule has 1 aliphatic carbocycles. The Morgan fingerprint density at radius 1 is 1.32 bits per heavy atom. The second kappa shape index (κ2) is 7.24. The molecule has 1 aliphatic rings. The molecule has 0 amide bonds. The SMILES string of the molecule is CCNCCC1(CCc2cc(Br)sc2C)CCCC1. The quantitative estimate of drug-likeness (QED) is 0.661. The van der Waals surface area contributed by atoms with Gasteiger partial charge in [0.15, 0.2) is 0 Å². The minimum Gasteiger partial charge on any atom is -0.317 e. The molecule has 1 nitrogen and oxygen atoms in total. The monoisotopic (exact) mass is 343 g/mol. The summed E-state index contributed by atoms with van der Waals surface area (Å²) in [5, 5.41) is 3.51. The molecule has 0 unspecified atom stereocenters. The largest absolute Gasteiger partial charge is 0.317 e. The van der Waals surface area contributed by atoms with Crippen LogP contribution in [0.2, 0.25) is 0 Å². The lowest BCUT2D eigenvalue weighted by Crippen LogP contribution is -2.25. The molecule has 0 saturated heterocycles. The summed E-state index contributed by atoms with van der Waals surface area (Å²) in [6.45, 7) is 6.76. The zero-order valence-electron chi connectivity index (χ0n) is 12.2. The van der Waals surface area contributed by atoms with Crippen LogP contribution in [-0.2, 0) is 6.42 Å². The summed E-state index contributed by atoms with van der Waals surface area (Å²) in [6, 6.07) is 2.33. The number of hydrogen-bond acceptors (Lipinski definition) is 2. The highest BCUT2D eigenvalue weighted by Crippen LogP contribution is 2.45. The third-order valence-corrected chi connectivity index (χ3v) is 6.26. The molecule has 0 radical (unpaired) electrons. The average Bonchev–Trinajstić information content (AvgIpc) is 2.95. The van der Waals surface area contributed by atoms with E-state index in [1.54, 1.807) is 5.56 Å². The van der Waals surface area contributed by atoms with Crippen molar-refractivity contribution in [3.63, 3.8) is 0 Å². The van der Waals surface area contributed by atoms with Crippen LogP contribution in [-0.4, -0.2) is 13.1 Å². The van der Waals surface area contributed by atoms with E-state index in [-0.39, 0.29) is 0 Å². The van der Waals surface area contributed by atoms with Crippen LogP contribution in [0, 0.1) is 12.3 Å². The van der Waals surface area contributed by atoms with Crippen LogP contribution >= 0.6 is 27.3 Å². The maximum atomic E-state index is 3.61. The fraction of sp³-hybridized carbons (Fsp3) is 0.750. The Kier molecular flexibility index (Phi) is 5.91. The summed E-state index contributed by atoms with van der Waals surface area (Å²) in [5.41, 5.74) is 2.19. The summed E-state index contributed by atoms with van der Waals surface area (Å²) in [7, 11) is 0. The van der Waals surface area contributed by atoms with Gasteiger partial charge in [-0.05, 0) is 85.1 Å². The smallest absolute Gasteiger partial charge is 0.0704 e. The lowest BCUT2D eigenvalue weighted by Gasteiger charge is -2.29. The summed E-state index contributed by atoms with van der Waals surface area (Å²) < 4.78 is 1.29. The van der Waals surface area contributed by atoms with Crippen LogP contribution in [0.25, 0.3) is 0 Å². The Morgan fingerprint density at radius 2 is 2.05 bits per heavy atom. The van der Waals surface area contributed by atoms with E-state index in [9.17, 15) is 0 Å². The molecule has 108 valence electrons. The Hall–Kier alpha value is 0.140. The molecule has 1 aromatic rings. The van der Waals surface area contributed by atoms with Crippen molar-refractivity contribution in [3.05, 3.63) is 20.3 Å². The summed E-state index contributed by atoms with van der Waals surface area (Å²) >= 11 is 5.49. The standard InChI is InChI=1S/C16H26BrNS/c1-3-18-11-10-16(7-4-5-8-16)9-6-14-12-15(17)19-13(14)2/h12,18H,3-11H2,1-2H3. The molecular formula is C16H26BrNS. The molecule has 0 aliphatic heterocycles. The van der Waals surface area contributed by atoms with Crippen molar-refractivity contribution in [1.82, 2.24) is 5.32 Å². The second-order valence-corrected chi connectivity index (χ2v) is 8.58. The van der Waals surface area contributed by atoms with Gasteiger partial charge in [-0.25, -0.2) is 0 Å². The van der Waals surface area contributed by atoms with Gasteiger partial charge in [-0.3, -0.25) is 0 Å². The van der Waals surface area contributed by atoms with Crippen molar-refractivity contribution in [3.8, 4) is 0 Å². The fourth-order valence-electron chi connectivity index (χ4n) is 3.41. The lowest BCUT2D eigenvalue weighted by molar-refractivity contribution is 0.246. The van der Waals surface area contributed by atoms with Gasteiger partial charge in [0.05, 0.1) is 3.79 Å². The van der Waals surface area contributed by atoms with Gasteiger partial charge in [0.25, 0.3) is 0 Å². The molecule has 1 fully saturated rings. The summed E-state index contributed by atoms with van der Waals surface area (Å²) in [5.74, 6) is 0. The normalized spacial score (nSPS) is 18.1. The number of aryl methyl sites for hydroxylation is 2. The molecule has 0 spiro atoms. The van der Waals surface area contributed by atoms with Gasteiger partial charge in [0, 0.05) is 4.88 Å². The zero-order chi connectivity index (χ0) is 13.7. The first-order valence-electron chi connectivity index (χ1n) is 7.61. The van der Waals surface area contributed by atoms with Gasteiger partial charge in [0.1, 0.15) is 0 Å². The van der Waals surface area contributed by atoms with Gasteiger partial charge in [-0.1, -0.05) is 19.8 Å². The average molecular weight is 344 g/mol. The van der Waals surface area contributed by atoms with Gasteiger partial charge in [-0.2, -0.15) is 0 Å². The highest BCUT2D eigenvalue weighted by molar-refractivity contribution is 9.11. The summed E-state index contributed by atoms with van der Waals surface area (Å²) in [6.07, 6.45) is 9.79. The van der Waals surface area contributed by atoms with Crippen LogP contribution in [0.3, 0.4) is 0 Å². The van der Waals surface area contributed by atoms with Crippen LogP contribution in [0.15, 0.2) is 9.85 Å². The van der Waals surface area contributed by atoms with Crippen molar-refractivity contribution in [1.29, 1.82) is 0 Å². The molecule has 0 aromatic carbocycles. The Balaban J connectivity index is 1.91. The van der Waals surface area contributed by atoms with E-state index < -0.39 is 0 Å². The molecule has 2 rings (SSSR count).